The van der Waals surface area contributed by atoms with Crippen LogP contribution in [0.3, 0.4) is 0 Å². The van der Waals surface area contributed by atoms with Crippen LogP contribution in [0, 0.1) is 5.82 Å². The van der Waals surface area contributed by atoms with E-state index in [1.165, 1.54) is 6.07 Å². The van der Waals surface area contributed by atoms with E-state index in [-0.39, 0.29) is 11.9 Å². The van der Waals surface area contributed by atoms with Gasteiger partial charge in [-0.05, 0) is 31.0 Å². The van der Waals surface area contributed by atoms with Gasteiger partial charge in [0.25, 0.3) is 0 Å². The van der Waals surface area contributed by atoms with Crippen LogP contribution in [-0.4, -0.2) is 17.1 Å². The average Bonchev–Trinajstić information content (AvgIpc) is 2.22. The standard InChI is InChI=1S/C11H11BrFNO2/c1-5-4-6-8(13)3-2-7(12)9(6)10(14-5)11(15)16/h2-3,5,10,14H,4H2,1H3,(H,15,16). The van der Waals surface area contributed by atoms with Gasteiger partial charge in [0, 0.05) is 16.1 Å². The molecular formula is C11H11BrFNO2. The summed E-state index contributed by atoms with van der Waals surface area (Å²) in [5, 5.41) is 12.1. The van der Waals surface area contributed by atoms with Crippen LogP contribution >= 0.6 is 15.9 Å². The fourth-order valence-corrected chi connectivity index (χ4v) is 2.66. The van der Waals surface area contributed by atoms with E-state index in [1.54, 1.807) is 6.07 Å². The Morgan fingerprint density at radius 3 is 2.94 bits per heavy atom. The van der Waals surface area contributed by atoms with E-state index in [1.807, 2.05) is 6.92 Å². The van der Waals surface area contributed by atoms with Crippen molar-refractivity contribution in [1.29, 1.82) is 0 Å². The Kier molecular flexibility index (Phi) is 2.99. The number of carboxylic acid groups (broad SMARTS) is 1. The van der Waals surface area contributed by atoms with Gasteiger partial charge in [0.05, 0.1) is 0 Å². The second kappa shape index (κ2) is 4.14. The Hall–Kier alpha value is -0.940. The minimum Gasteiger partial charge on any atom is -0.480 e. The zero-order valence-electron chi connectivity index (χ0n) is 8.63. The fraction of sp³-hybridized carbons (Fsp3) is 0.364. The minimum absolute atomic E-state index is 0.0441. The molecule has 2 rings (SSSR count). The molecule has 1 aliphatic rings. The Bertz CT molecular complexity index is 450. The van der Waals surface area contributed by atoms with Gasteiger partial charge in [0.2, 0.25) is 0 Å². The highest BCUT2D eigenvalue weighted by Crippen LogP contribution is 2.33. The summed E-state index contributed by atoms with van der Waals surface area (Å²) in [7, 11) is 0. The normalized spacial score (nSPS) is 23.9. The Labute approximate surface area is 101 Å². The van der Waals surface area contributed by atoms with E-state index < -0.39 is 12.0 Å². The van der Waals surface area contributed by atoms with Gasteiger partial charge in [0.1, 0.15) is 11.9 Å². The maximum Gasteiger partial charge on any atom is 0.325 e. The first kappa shape index (κ1) is 11.5. The van der Waals surface area contributed by atoms with Gasteiger partial charge in [0.15, 0.2) is 0 Å². The summed E-state index contributed by atoms with van der Waals surface area (Å²) in [6, 6.07) is 2.02. The highest BCUT2D eigenvalue weighted by Gasteiger charge is 2.32. The molecule has 0 bridgehead atoms. The highest BCUT2D eigenvalue weighted by molar-refractivity contribution is 9.10. The van der Waals surface area contributed by atoms with Crippen molar-refractivity contribution in [2.75, 3.05) is 0 Å². The first-order valence-corrected chi connectivity index (χ1v) is 5.75. The Morgan fingerprint density at radius 1 is 1.62 bits per heavy atom. The van der Waals surface area contributed by atoms with Crippen molar-refractivity contribution in [2.45, 2.75) is 25.4 Å². The highest BCUT2D eigenvalue weighted by atomic mass is 79.9. The molecule has 0 fully saturated rings. The van der Waals surface area contributed by atoms with Gasteiger partial charge >= 0.3 is 5.97 Å². The molecule has 0 amide bonds. The van der Waals surface area contributed by atoms with Gasteiger partial charge in [-0.3, -0.25) is 10.1 Å². The van der Waals surface area contributed by atoms with E-state index in [9.17, 15) is 9.18 Å². The van der Waals surface area contributed by atoms with Crippen LogP contribution in [0.25, 0.3) is 0 Å². The molecule has 2 N–H and O–H groups in total. The lowest BCUT2D eigenvalue weighted by Crippen LogP contribution is -2.41. The van der Waals surface area contributed by atoms with Crippen molar-refractivity contribution in [3.05, 3.63) is 33.5 Å². The predicted octanol–water partition coefficient (Wildman–Crippen LogP) is 2.25. The number of nitrogens with one attached hydrogen (secondary N) is 1. The molecule has 0 saturated heterocycles. The molecule has 0 radical (unpaired) electrons. The summed E-state index contributed by atoms with van der Waals surface area (Å²) < 4.78 is 14.3. The van der Waals surface area contributed by atoms with Crippen LogP contribution < -0.4 is 5.32 Å². The zero-order valence-corrected chi connectivity index (χ0v) is 10.2. The van der Waals surface area contributed by atoms with Crippen molar-refractivity contribution in [3.63, 3.8) is 0 Å². The first-order chi connectivity index (χ1) is 7.50. The van der Waals surface area contributed by atoms with Gasteiger partial charge in [-0.15, -0.1) is 0 Å². The van der Waals surface area contributed by atoms with Crippen molar-refractivity contribution in [1.82, 2.24) is 5.32 Å². The SMILES string of the molecule is CC1Cc2c(F)ccc(Br)c2C(C(=O)O)N1. The van der Waals surface area contributed by atoms with E-state index in [0.29, 0.717) is 22.0 Å². The summed E-state index contributed by atoms with van der Waals surface area (Å²) in [6.45, 7) is 1.85. The van der Waals surface area contributed by atoms with E-state index in [0.717, 1.165) is 0 Å². The number of fused-ring (bicyclic) bond motifs is 1. The zero-order chi connectivity index (χ0) is 11.9. The number of aliphatic carboxylic acids is 1. The molecule has 0 aliphatic carbocycles. The molecule has 86 valence electrons. The molecule has 16 heavy (non-hydrogen) atoms. The summed E-state index contributed by atoms with van der Waals surface area (Å²) in [6.07, 6.45) is 0.504. The van der Waals surface area contributed by atoms with Crippen molar-refractivity contribution in [3.8, 4) is 0 Å². The van der Waals surface area contributed by atoms with Crippen LogP contribution in [0.5, 0.6) is 0 Å². The lowest BCUT2D eigenvalue weighted by molar-refractivity contribution is -0.140. The fourth-order valence-electron chi connectivity index (χ4n) is 2.06. The third-order valence-electron chi connectivity index (χ3n) is 2.74. The Morgan fingerprint density at radius 2 is 2.31 bits per heavy atom. The first-order valence-electron chi connectivity index (χ1n) is 4.96. The van der Waals surface area contributed by atoms with Crippen LogP contribution in [0.4, 0.5) is 4.39 Å². The van der Waals surface area contributed by atoms with Gasteiger partial charge in [-0.2, -0.15) is 0 Å². The number of halogens is 2. The second-order valence-corrected chi connectivity index (χ2v) is 4.82. The smallest absolute Gasteiger partial charge is 0.325 e. The van der Waals surface area contributed by atoms with Crippen LogP contribution in [0.15, 0.2) is 16.6 Å². The number of rotatable bonds is 1. The van der Waals surface area contributed by atoms with Gasteiger partial charge < -0.3 is 5.11 Å². The maximum atomic E-state index is 13.6. The number of hydrogen-bond acceptors (Lipinski definition) is 2. The number of hydrogen-bond donors (Lipinski definition) is 2. The van der Waals surface area contributed by atoms with E-state index in [4.69, 9.17) is 5.11 Å². The summed E-state index contributed by atoms with van der Waals surface area (Å²) in [4.78, 5) is 11.1. The molecule has 2 unspecified atom stereocenters. The minimum atomic E-state index is -0.987. The number of carbonyl (C=O) groups is 1. The summed E-state index contributed by atoms with van der Waals surface area (Å²) in [5.41, 5.74) is 0.999. The third kappa shape index (κ3) is 1.85. The topological polar surface area (TPSA) is 49.3 Å². The summed E-state index contributed by atoms with van der Waals surface area (Å²) in [5.74, 6) is -1.32. The number of benzene rings is 1. The van der Waals surface area contributed by atoms with Gasteiger partial charge in [-0.1, -0.05) is 15.9 Å². The van der Waals surface area contributed by atoms with Crippen molar-refractivity contribution < 1.29 is 14.3 Å². The largest absolute Gasteiger partial charge is 0.480 e. The maximum absolute atomic E-state index is 13.6. The molecule has 1 aliphatic heterocycles. The molecule has 1 aromatic carbocycles. The lowest BCUT2D eigenvalue weighted by atomic mass is 9.90. The monoisotopic (exact) mass is 287 g/mol. The van der Waals surface area contributed by atoms with Crippen molar-refractivity contribution >= 4 is 21.9 Å². The molecule has 2 atom stereocenters. The van der Waals surface area contributed by atoms with E-state index >= 15 is 0 Å². The lowest BCUT2D eigenvalue weighted by Gasteiger charge is -2.29. The van der Waals surface area contributed by atoms with E-state index in [2.05, 4.69) is 21.2 Å². The van der Waals surface area contributed by atoms with Crippen molar-refractivity contribution in [2.24, 2.45) is 0 Å². The molecule has 3 nitrogen and oxygen atoms in total. The second-order valence-electron chi connectivity index (χ2n) is 3.96. The molecule has 5 heteroatoms. The Balaban J connectivity index is 2.60. The molecule has 0 saturated carbocycles. The third-order valence-corrected chi connectivity index (χ3v) is 3.44. The van der Waals surface area contributed by atoms with Crippen LogP contribution in [-0.2, 0) is 11.2 Å². The molecule has 1 aromatic rings. The summed E-state index contributed by atoms with van der Waals surface area (Å²) >= 11 is 3.27. The molecule has 1 heterocycles. The quantitative estimate of drug-likeness (QED) is 0.833. The average molecular weight is 288 g/mol. The molecular weight excluding hydrogens is 277 g/mol. The predicted molar refractivity (Wildman–Crippen MR) is 60.8 cm³/mol. The molecule has 0 aromatic heterocycles. The van der Waals surface area contributed by atoms with Gasteiger partial charge in [-0.25, -0.2) is 4.39 Å². The van der Waals surface area contributed by atoms with Crippen LogP contribution in [0.2, 0.25) is 0 Å². The number of carboxylic acids is 1. The van der Waals surface area contributed by atoms with Crippen LogP contribution in [0.1, 0.15) is 24.1 Å². The molecule has 0 spiro atoms.